The first-order valence-electron chi connectivity index (χ1n) is 12.5. The first-order chi connectivity index (χ1) is 16.0. The maximum absolute atomic E-state index is 10.4. The minimum atomic E-state index is -1.82. The van der Waals surface area contributed by atoms with Gasteiger partial charge in [-0.3, -0.25) is 5.41 Å². The number of rotatable bonds is 9. The fourth-order valence-electron chi connectivity index (χ4n) is 6.39. The van der Waals surface area contributed by atoms with Crippen LogP contribution in [0.2, 0.25) is 0 Å². The van der Waals surface area contributed by atoms with E-state index in [4.69, 9.17) is 24.4 Å². The standard InChI is InChI=1S/C25H34N4O4/c1-2-3-4-5-6-7-8-9-10-20-22(16-26,17-27)24(18-28)19-15-23(30-13-14-31-23)11-12-25(19,32-20)33-21(24)29/h19-20,29H,2-15H2,1H3. The van der Waals surface area contributed by atoms with Gasteiger partial charge < -0.3 is 18.9 Å². The highest BCUT2D eigenvalue weighted by molar-refractivity contribution is 5.89. The van der Waals surface area contributed by atoms with Gasteiger partial charge in [-0.2, -0.15) is 15.8 Å². The van der Waals surface area contributed by atoms with Crippen molar-refractivity contribution in [2.24, 2.45) is 16.7 Å². The molecule has 178 valence electrons. The van der Waals surface area contributed by atoms with Crippen LogP contribution in [0, 0.1) is 56.2 Å². The average Bonchev–Trinajstić information content (AvgIpc) is 3.35. The third kappa shape index (κ3) is 3.53. The molecular formula is C25H34N4O4. The van der Waals surface area contributed by atoms with Gasteiger partial charge in [-0.1, -0.05) is 58.3 Å². The highest BCUT2D eigenvalue weighted by Gasteiger charge is 2.81. The van der Waals surface area contributed by atoms with Crippen molar-refractivity contribution >= 4 is 5.90 Å². The largest absolute Gasteiger partial charge is 0.447 e. The van der Waals surface area contributed by atoms with Crippen LogP contribution in [0.1, 0.15) is 84.0 Å². The summed E-state index contributed by atoms with van der Waals surface area (Å²) in [5, 5.41) is 39.7. The van der Waals surface area contributed by atoms with E-state index >= 15 is 0 Å². The van der Waals surface area contributed by atoms with Gasteiger partial charge >= 0.3 is 0 Å². The van der Waals surface area contributed by atoms with Crippen LogP contribution in [0.3, 0.4) is 0 Å². The topological polar surface area (TPSA) is 132 Å². The van der Waals surface area contributed by atoms with Crippen LogP contribution >= 0.6 is 0 Å². The summed E-state index contributed by atoms with van der Waals surface area (Å²) in [6, 6.07) is 6.51. The van der Waals surface area contributed by atoms with Gasteiger partial charge in [0.25, 0.3) is 0 Å². The Morgan fingerprint density at radius 1 is 0.909 bits per heavy atom. The third-order valence-corrected chi connectivity index (χ3v) is 8.17. The summed E-state index contributed by atoms with van der Waals surface area (Å²) in [6.07, 6.45) is 9.93. The van der Waals surface area contributed by atoms with E-state index in [0.717, 1.165) is 19.3 Å². The van der Waals surface area contributed by atoms with E-state index in [9.17, 15) is 15.8 Å². The number of hydrogen-bond acceptors (Lipinski definition) is 8. The average molecular weight is 455 g/mol. The fourth-order valence-corrected chi connectivity index (χ4v) is 6.39. The molecule has 8 heteroatoms. The predicted molar refractivity (Wildman–Crippen MR) is 117 cm³/mol. The van der Waals surface area contributed by atoms with Crippen LogP contribution in [-0.4, -0.2) is 36.8 Å². The Balaban J connectivity index is 1.54. The number of unbranched alkanes of at least 4 members (excludes halogenated alkanes) is 7. The van der Waals surface area contributed by atoms with Crippen molar-refractivity contribution in [3.8, 4) is 18.2 Å². The number of nitrogens with one attached hydrogen (secondary N) is 1. The summed E-state index contributed by atoms with van der Waals surface area (Å²) in [4.78, 5) is 0. The Bertz CT molecular complexity index is 866. The van der Waals surface area contributed by atoms with Crippen LogP contribution in [0.25, 0.3) is 0 Å². The molecule has 4 fully saturated rings. The molecule has 2 bridgehead atoms. The van der Waals surface area contributed by atoms with Gasteiger partial charge in [-0.15, -0.1) is 0 Å². The number of nitriles is 3. The third-order valence-electron chi connectivity index (χ3n) is 8.17. The second-order valence-electron chi connectivity index (χ2n) is 9.93. The lowest BCUT2D eigenvalue weighted by molar-refractivity contribution is -0.329. The Morgan fingerprint density at radius 3 is 2.15 bits per heavy atom. The Hall–Kier alpha value is -2.18. The van der Waals surface area contributed by atoms with E-state index in [2.05, 4.69) is 25.1 Å². The zero-order valence-corrected chi connectivity index (χ0v) is 19.5. The Kier molecular flexibility index (Phi) is 6.70. The van der Waals surface area contributed by atoms with Gasteiger partial charge in [0.1, 0.15) is 0 Å². The van der Waals surface area contributed by atoms with Crippen LogP contribution in [-0.2, 0) is 18.9 Å². The first kappa shape index (κ1) is 24.0. The van der Waals surface area contributed by atoms with E-state index in [1.165, 1.54) is 32.1 Å². The molecular weight excluding hydrogens is 420 g/mol. The van der Waals surface area contributed by atoms with Gasteiger partial charge in [-0.25, -0.2) is 0 Å². The van der Waals surface area contributed by atoms with E-state index in [0.29, 0.717) is 32.5 Å². The van der Waals surface area contributed by atoms with Gasteiger partial charge in [0.05, 0.1) is 43.4 Å². The summed E-state index contributed by atoms with van der Waals surface area (Å²) < 4.78 is 24.2. The predicted octanol–water partition coefficient (Wildman–Crippen LogP) is 4.71. The number of nitrogens with zero attached hydrogens (tertiary/aromatic N) is 3. The maximum Gasteiger partial charge on any atom is 0.217 e. The molecule has 0 radical (unpaired) electrons. The smallest absolute Gasteiger partial charge is 0.217 e. The van der Waals surface area contributed by atoms with Crippen molar-refractivity contribution in [2.45, 2.75) is 102 Å². The molecule has 0 aromatic carbocycles. The fraction of sp³-hybridized carbons (Fsp3) is 0.840. The SMILES string of the molecule is CCCCCCCCCCC1OC23CCC4(CC2C(C#N)(C(=N)O3)C1(C#N)C#N)OCCO4. The van der Waals surface area contributed by atoms with Crippen LogP contribution < -0.4 is 0 Å². The highest BCUT2D eigenvalue weighted by atomic mass is 16.7. The van der Waals surface area contributed by atoms with Crippen molar-refractivity contribution < 1.29 is 18.9 Å². The monoisotopic (exact) mass is 454 g/mol. The van der Waals surface area contributed by atoms with E-state index in [-0.39, 0.29) is 12.3 Å². The molecule has 1 spiro atoms. The summed E-state index contributed by atoms with van der Waals surface area (Å²) in [5.74, 6) is -3.06. The van der Waals surface area contributed by atoms with Gasteiger partial charge in [0.15, 0.2) is 16.6 Å². The van der Waals surface area contributed by atoms with Gasteiger partial charge in [0.2, 0.25) is 11.7 Å². The zero-order valence-electron chi connectivity index (χ0n) is 19.5. The van der Waals surface area contributed by atoms with Gasteiger partial charge in [0, 0.05) is 19.3 Å². The summed E-state index contributed by atoms with van der Waals surface area (Å²) >= 11 is 0. The molecule has 4 atom stereocenters. The minimum absolute atomic E-state index is 0.262. The maximum atomic E-state index is 10.4. The Morgan fingerprint density at radius 2 is 1.55 bits per heavy atom. The second kappa shape index (κ2) is 9.22. The normalized spacial score (nSPS) is 35.3. The van der Waals surface area contributed by atoms with Crippen LogP contribution in [0.15, 0.2) is 0 Å². The van der Waals surface area contributed by atoms with E-state index in [1.807, 2.05) is 0 Å². The number of hydrogen-bond donors (Lipinski definition) is 1. The second-order valence-corrected chi connectivity index (χ2v) is 9.93. The van der Waals surface area contributed by atoms with E-state index < -0.39 is 34.4 Å². The van der Waals surface area contributed by atoms with Crippen molar-refractivity contribution in [1.29, 1.82) is 21.2 Å². The molecule has 4 aliphatic rings. The van der Waals surface area contributed by atoms with Crippen molar-refractivity contribution in [1.82, 2.24) is 0 Å². The van der Waals surface area contributed by atoms with Crippen LogP contribution in [0.4, 0.5) is 0 Å². The molecule has 33 heavy (non-hydrogen) atoms. The lowest BCUT2D eigenvalue weighted by Crippen LogP contribution is -2.65. The quantitative estimate of drug-likeness (QED) is 0.499. The highest BCUT2D eigenvalue weighted by Crippen LogP contribution is 2.68. The molecule has 4 rings (SSSR count). The number of ether oxygens (including phenoxy) is 4. The molecule has 3 heterocycles. The summed E-state index contributed by atoms with van der Waals surface area (Å²) in [5.41, 5.74) is -3.52. The van der Waals surface area contributed by atoms with Crippen molar-refractivity contribution in [3.05, 3.63) is 0 Å². The molecule has 1 N–H and O–H groups in total. The van der Waals surface area contributed by atoms with Crippen LogP contribution in [0.5, 0.6) is 0 Å². The molecule has 3 aliphatic heterocycles. The molecule has 1 aliphatic carbocycles. The lowest BCUT2D eigenvalue weighted by Gasteiger charge is -2.54. The molecule has 0 aromatic heterocycles. The molecule has 8 nitrogen and oxygen atoms in total. The zero-order chi connectivity index (χ0) is 23.6. The van der Waals surface area contributed by atoms with Gasteiger partial charge in [-0.05, 0) is 6.42 Å². The summed E-state index contributed by atoms with van der Waals surface area (Å²) in [6.45, 7) is 3.12. The van der Waals surface area contributed by atoms with E-state index in [1.54, 1.807) is 0 Å². The Labute approximate surface area is 196 Å². The lowest BCUT2D eigenvalue weighted by atomic mass is 9.51. The van der Waals surface area contributed by atoms with Crippen molar-refractivity contribution in [2.75, 3.05) is 13.2 Å². The van der Waals surface area contributed by atoms with Crippen molar-refractivity contribution in [3.63, 3.8) is 0 Å². The molecule has 4 unspecified atom stereocenters. The summed E-state index contributed by atoms with van der Waals surface area (Å²) in [7, 11) is 0. The first-order valence-corrected chi connectivity index (χ1v) is 12.5. The minimum Gasteiger partial charge on any atom is -0.447 e. The molecule has 0 aromatic rings. The molecule has 1 saturated carbocycles. The molecule has 3 saturated heterocycles. The molecule has 0 amide bonds.